The predicted molar refractivity (Wildman–Crippen MR) is 119 cm³/mol. The molecule has 1 atom stereocenters. The third-order valence-electron chi connectivity index (χ3n) is 5.14. The second-order valence-corrected chi connectivity index (χ2v) is 8.91. The number of hydrogen-bond donors (Lipinski definition) is 0. The lowest BCUT2D eigenvalue weighted by molar-refractivity contribution is -0.132. The summed E-state index contributed by atoms with van der Waals surface area (Å²) in [6, 6.07) is 13.4. The highest BCUT2D eigenvalue weighted by molar-refractivity contribution is 6.36. The molecule has 0 N–H and O–H groups in total. The summed E-state index contributed by atoms with van der Waals surface area (Å²) in [6.07, 6.45) is 1.50. The van der Waals surface area contributed by atoms with Crippen LogP contribution in [0, 0.1) is 5.92 Å². The minimum atomic E-state index is 0.00712. The van der Waals surface area contributed by atoms with Crippen LogP contribution in [0.15, 0.2) is 42.5 Å². The largest absolute Gasteiger partial charge is 0.360 e. The molecule has 6 heteroatoms. The molecule has 1 aliphatic heterocycles. The number of benzene rings is 2. The molecule has 1 unspecified atom stereocenters. The van der Waals surface area contributed by atoms with Crippen molar-refractivity contribution < 1.29 is 4.79 Å². The van der Waals surface area contributed by atoms with Crippen LogP contribution >= 0.6 is 34.8 Å². The Morgan fingerprint density at radius 2 is 1.71 bits per heavy atom. The molecule has 0 radical (unpaired) electrons. The first-order chi connectivity index (χ1) is 13.3. The number of halogens is 3. The van der Waals surface area contributed by atoms with Crippen molar-refractivity contribution in [2.45, 2.75) is 32.7 Å². The highest BCUT2D eigenvalue weighted by atomic mass is 35.5. The minimum Gasteiger partial charge on any atom is -0.360 e. The van der Waals surface area contributed by atoms with Crippen LogP contribution in [0.25, 0.3) is 0 Å². The van der Waals surface area contributed by atoms with E-state index in [1.807, 2.05) is 41.3 Å². The van der Waals surface area contributed by atoms with E-state index in [0.29, 0.717) is 47.0 Å². The summed E-state index contributed by atoms with van der Waals surface area (Å²) in [5, 5.41) is 1.92. The first-order valence-corrected chi connectivity index (χ1v) is 10.7. The monoisotopic (exact) mass is 438 g/mol. The lowest BCUT2D eigenvalue weighted by Gasteiger charge is -2.43. The van der Waals surface area contributed by atoms with Crippen molar-refractivity contribution in [3.8, 4) is 0 Å². The molecule has 0 saturated carbocycles. The Balaban J connectivity index is 1.88. The van der Waals surface area contributed by atoms with Crippen molar-refractivity contribution >= 4 is 46.4 Å². The van der Waals surface area contributed by atoms with Gasteiger partial charge in [0, 0.05) is 36.1 Å². The van der Waals surface area contributed by atoms with E-state index in [2.05, 4.69) is 18.7 Å². The summed E-state index contributed by atoms with van der Waals surface area (Å²) in [5.74, 6) is 0.736. The lowest BCUT2D eigenvalue weighted by atomic mass is 10.0. The van der Waals surface area contributed by atoms with Gasteiger partial charge in [0.25, 0.3) is 0 Å². The quantitative estimate of drug-likeness (QED) is 0.533. The van der Waals surface area contributed by atoms with Crippen LogP contribution in [0.4, 0.5) is 5.69 Å². The Morgan fingerprint density at radius 1 is 1.04 bits per heavy atom. The number of piperazine rings is 1. The second kappa shape index (κ2) is 9.39. The van der Waals surface area contributed by atoms with Crippen LogP contribution in [0.1, 0.15) is 38.3 Å². The molecule has 3 rings (SSSR count). The topological polar surface area (TPSA) is 23.6 Å². The number of amides is 1. The second-order valence-electron chi connectivity index (χ2n) is 7.63. The van der Waals surface area contributed by atoms with Crippen molar-refractivity contribution in [1.29, 1.82) is 0 Å². The molecule has 0 aromatic heterocycles. The predicted octanol–water partition coefficient (Wildman–Crippen LogP) is 6.47. The van der Waals surface area contributed by atoms with Gasteiger partial charge < -0.3 is 9.80 Å². The van der Waals surface area contributed by atoms with Gasteiger partial charge in [-0.1, -0.05) is 60.8 Å². The number of rotatable bonds is 5. The van der Waals surface area contributed by atoms with E-state index in [1.54, 1.807) is 6.07 Å². The molecule has 1 heterocycles. The van der Waals surface area contributed by atoms with E-state index in [-0.39, 0.29) is 11.9 Å². The van der Waals surface area contributed by atoms with Gasteiger partial charge in [-0.25, -0.2) is 0 Å². The van der Waals surface area contributed by atoms with Gasteiger partial charge in [0.2, 0.25) is 5.91 Å². The SMILES string of the molecule is CC(C)CCC(=O)N1CCN(c2ccc(Cl)cc2Cl)C(c2ccc(Cl)cc2)C1. The molecule has 1 fully saturated rings. The fourth-order valence-corrected chi connectivity index (χ4v) is 4.20. The molecule has 3 nitrogen and oxygen atoms in total. The van der Waals surface area contributed by atoms with Crippen LogP contribution in [0.2, 0.25) is 15.1 Å². The van der Waals surface area contributed by atoms with Gasteiger partial charge in [-0.15, -0.1) is 0 Å². The molecular weight excluding hydrogens is 415 g/mol. The molecular formula is C22H25Cl3N2O. The van der Waals surface area contributed by atoms with Gasteiger partial charge in [0.05, 0.1) is 16.8 Å². The molecule has 150 valence electrons. The van der Waals surface area contributed by atoms with E-state index >= 15 is 0 Å². The Kier molecular flexibility index (Phi) is 7.14. The zero-order chi connectivity index (χ0) is 20.3. The Hall–Kier alpha value is -1.42. The van der Waals surface area contributed by atoms with E-state index in [4.69, 9.17) is 34.8 Å². The van der Waals surface area contributed by atoms with E-state index in [1.165, 1.54) is 0 Å². The summed E-state index contributed by atoms with van der Waals surface area (Å²) in [4.78, 5) is 17.0. The number of carbonyl (C=O) groups is 1. The van der Waals surface area contributed by atoms with E-state index in [9.17, 15) is 4.79 Å². The highest BCUT2D eigenvalue weighted by Gasteiger charge is 2.31. The Morgan fingerprint density at radius 3 is 2.36 bits per heavy atom. The number of nitrogens with zero attached hydrogens (tertiary/aromatic N) is 2. The average Bonchev–Trinajstić information content (AvgIpc) is 2.66. The van der Waals surface area contributed by atoms with Crippen molar-refractivity contribution in [1.82, 2.24) is 4.90 Å². The molecule has 28 heavy (non-hydrogen) atoms. The van der Waals surface area contributed by atoms with Gasteiger partial charge in [0.1, 0.15) is 0 Å². The van der Waals surface area contributed by atoms with Crippen LogP contribution in [0.5, 0.6) is 0 Å². The zero-order valence-electron chi connectivity index (χ0n) is 16.2. The van der Waals surface area contributed by atoms with Gasteiger partial charge in [0.15, 0.2) is 0 Å². The molecule has 0 bridgehead atoms. The summed E-state index contributed by atoms with van der Waals surface area (Å²) < 4.78 is 0. The minimum absolute atomic E-state index is 0.00712. The Labute approximate surface area is 182 Å². The van der Waals surface area contributed by atoms with Crippen LogP contribution in [0.3, 0.4) is 0 Å². The summed E-state index contributed by atoms with van der Waals surface area (Å²) >= 11 is 18.7. The highest BCUT2D eigenvalue weighted by Crippen LogP contribution is 2.37. The molecule has 2 aromatic rings. The fourth-order valence-electron chi connectivity index (χ4n) is 3.55. The first kappa shape index (κ1) is 21.3. The van der Waals surface area contributed by atoms with E-state index in [0.717, 1.165) is 17.7 Å². The number of hydrogen-bond acceptors (Lipinski definition) is 2. The van der Waals surface area contributed by atoms with Gasteiger partial charge in [-0.3, -0.25) is 4.79 Å². The zero-order valence-corrected chi connectivity index (χ0v) is 18.4. The van der Waals surface area contributed by atoms with Crippen molar-refractivity contribution in [2.75, 3.05) is 24.5 Å². The maximum Gasteiger partial charge on any atom is 0.222 e. The molecule has 2 aromatic carbocycles. The molecule has 0 aliphatic carbocycles. The molecule has 1 aliphatic rings. The van der Waals surface area contributed by atoms with E-state index < -0.39 is 0 Å². The van der Waals surface area contributed by atoms with Gasteiger partial charge in [-0.05, 0) is 48.2 Å². The smallest absolute Gasteiger partial charge is 0.222 e. The normalized spacial score (nSPS) is 17.3. The fraction of sp³-hybridized carbons (Fsp3) is 0.409. The summed E-state index contributed by atoms with van der Waals surface area (Å²) in [5.41, 5.74) is 2.04. The van der Waals surface area contributed by atoms with Crippen molar-refractivity contribution in [3.05, 3.63) is 63.1 Å². The van der Waals surface area contributed by atoms with Crippen molar-refractivity contribution in [2.24, 2.45) is 5.92 Å². The maximum absolute atomic E-state index is 12.7. The average molecular weight is 440 g/mol. The number of anilines is 1. The van der Waals surface area contributed by atoms with Crippen LogP contribution < -0.4 is 4.90 Å². The summed E-state index contributed by atoms with van der Waals surface area (Å²) in [7, 11) is 0. The molecule has 1 saturated heterocycles. The third kappa shape index (κ3) is 5.14. The Bertz CT molecular complexity index is 823. The molecule has 0 spiro atoms. The number of carbonyl (C=O) groups excluding carboxylic acids is 1. The lowest BCUT2D eigenvalue weighted by Crippen LogP contribution is -2.50. The van der Waals surface area contributed by atoms with Gasteiger partial charge in [-0.2, -0.15) is 0 Å². The van der Waals surface area contributed by atoms with Crippen LogP contribution in [-0.4, -0.2) is 30.4 Å². The summed E-state index contributed by atoms with van der Waals surface area (Å²) in [6.45, 7) is 6.30. The molecule has 1 amide bonds. The third-order valence-corrected chi connectivity index (χ3v) is 5.93. The van der Waals surface area contributed by atoms with Gasteiger partial charge >= 0.3 is 0 Å². The van der Waals surface area contributed by atoms with Crippen molar-refractivity contribution in [3.63, 3.8) is 0 Å². The maximum atomic E-state index is 12.7. The standard InChI is InChI=1S/C22H25Cl3N2O/c1-15(2)3-10-22(28)26-11-12-27(20-9-8-18(24)13-19(20)25)21(14-26)16-4-6-17(23)7-5-16/h4-9,13,15,21H,3,10-12,14H2,1-2H3. The van der Waals surface area contributed by atoms with Crippen LogP contribution in [-0.2, 0) is 4.79 Å². The first-order valence-electron chi connectivity index (χ1n) is 9.60.